The van der Waals surface area contributed by atoms with Crippen LogP contribution in [0.15, 0.2) is 28.7 Å². The van der Waals surface area contributed by atoms with Gasteiger partial charge in [-0.3, -0.25) is 0 Å². The first-order chi connectivity index (χ1) is 5.83. The predicted molar refractivity (Wildman–Crippen MR) is 63.2 cm³/mol. The molecule has 0 unspecified atom stereocenters. The van der Waals surface area contributed by atoms with Crippen LogP contribution in [-0.2, 0) is 21.1 Å². The molecule has 3 N–H and O–H groups in total. The monoisotopic (exact) mass is 448 g/mol. The van der Waals surface area contributed by atoms with Gasteiger partial charge >= 0.3 is 21.1 Å². The molecule has 0 saturated carbocycles. The Morgan fingerprint density at radius 1 is 1.40 bits per heavy atom. The first kappa shape index (κ1) is 24.4. The Hall–Kier alpha value is 0.108. The normalized spacial score (nSPS) is 6.67. The number of hydrogen-bond acceptors (Lipinski definition) is 2. The van der Waals surface area contributed by atoms with Crippen LogP contribution in [-0.4, -0.2) is 24.3 Å². The van der Waals surface area contributed by atoms with E-state index in [0.717, 1.165) is 17.3 Å². The molecule has 3 nitrogen and oxygen atoms in total. The first-order valence-corrected chi connectivity index (χ1v) is 4.24. The van der Waals surface area contributed by atoms with E-state index in [4.69, 9.17) is 9.84 Å². The summed E-state index contributed by atoms with van der Waals surface area (Å²) in [4.78, 5) is 0. The van der Waals surface area contributed by atoms with Crippen molar-refractivity contribution in [1.82, 2.24) is 0 Å². The zero-order chi connectivity index (χ0) is 9.40. The molecule has 0 amide bonds. The Morgan fingerprint density at radius 3 is 2.33 bits per heavy atom. The zero-order valence-electron chi connectivity index (χ0n) is 8.87. The molecule has 0 aliphatic carbocycles. The molecule has 0 atom stereocenters. The second-order valence-corrected chi connectivity index (χ2v) is 2.72. The van der Waals surface area contributed by atoms with Crippen LogP contribution in [0.1, 0.15) is 0 Å². The van der Waals surface area contributed by atoms with Gasteiger partial charge < -0.3 is 29.7 Å². The summed E-state index contributed by atoms with van der Waals surface area (Å²) < 4.78 is 6.17. The molecule has 0 bridgehead atoms. The second kappa shape index (κ2) is 16.5. The van der Waals surface area contributed by atoms with Crippen LogP contribution in [0.3, 0.4) is 0 Å². The maximum atomic E-state index is 7.00. The molecule has 0 aliphatic rings. The van der Waals surface area contributed by atoms with Crippen molar-refractivity contribution in [2.24, 2.45) is 0 Å². The smallest absolute Gasteiger partial charge is 0.525 e. The second-order valence-electron chi connectivity index (χ2n) is 1.81. The molecule has 15 heavy (non-hydrogen) atoms. The number of benzene rings is 1. The quantitative estimate of drug-likeness (QED) is 0.702. The minimum absolute atomic E-state index is 0. The molecule has 1 aromatic rings. The van der Waals surface area contributed by atoms with Crippen molar-refractivity contribution >= 4 is 15.9 Å². The van der Waals surface area contributed by atoms with Gasteiger partial charge in [-0.05, 0) is 24.8 Å². The van der Waals surface area contributed by atoms with Crippen molar-refractivity contribution in [3.63, 3.8) is 0 Å². The van der Waals surface area contributed by atoms with Crippen molar-refractivity contribution in [2.75, 3.05) is 13.7 Å². The van der Waals surface area contributed by atoms with Crippen LogP contribution in [0.25, 0.3) is 0 Å². The largest absolute Gasteiger partial charge is 2.00 e. The average Bonchev–Trinajstić information content (AvgIpc) is 2.09. The molecule has 0 spiro atoms. The molecule has 0 saturated heterocycles. The summed E-state index contributed by atoms with van der Waals surface area (Å²) in [6, 6.07) is 7.69. The molecule has 88 valence electrons. The van der Waals surface area contributed by atoms with Gasteiger partial charge in [0.15, 0.2) is 0 Å². The van der Waals surface area contributed by atoms with E-state index in [9.17, 15) is 0 Å². The Morgan fingerprint density at radius 2 is 1.93 bits per heavy atom. The summed E-state index contributed by atoms with van der Waals surface area (Å²) in [5, 5.41) is 7.00. The molecular formula is C10H17BrO3W. The summed E-state index contributed by atoms with van der Waals surface area (Å²) in [5.41, 5.74) is 0. The van der Waals surface area contributed by atoms with E-state index < -0.39 is 0 Å². The Kier molecular flexibility index (Phi) is 26.9. The van der Waals surface area contributed by atoms with Gasteiger partial charge in [0, 0.05) is 11.6 Å². The number of aliphatic hydroxyl groups excluding tert-OH is 1. The van der Waals surface area contributed by atoms with Gasteiger partial charge in [-0.25, -0.2) is 0 Å². The third kappa shape index (κ3) is 12.0. The summed E-state index contributed by atoms with van der Waals surface area (Å²) in [6.45, 7) is 4.04. The van der Waals surface area contributed by atoms with E-state index in [1.165, 1.54) is 0 Å². The van der Waals surface area contributed by atoms with E-state index >= 15 is 0 Å². The molecule has 1 aromatic carbocycles. The van der Waals surface area contributed by atoms with Crippen LogP contribution in [0.5, 0.6) is 5.75 Å². The van der Waals surface area contributed by atoms with Crippen LogP contribution in [0.2, 0.25) is 0 Å². The molecule has 0 aromatic heterocycles. The van der Waals surface area contributed by atoms with E-state index in [0.29, 0.717) is 6.61 Å². The summed E-state index contributed by atoms with van der Waals surface area (Å²) in [5.74, 6) is 0.851. The number of hydrogen-bond donors (Lipinski definition) is 1. The molecule has 5 heteroatoms. The maximum Gasteiger partial charge on any atom is 2.00 e. The Bertz CT molecular complexity index is 222. The number of aliphatic hydroxyl groups is 1. The minimum atomic E-state index is 0. The van der Waals surface area contributed by atoms with E-state index in [-0.39, 0.29) is 34.0 Å². The molecule has 0 radical (unpaired) electrons. The van der Waals surface area contributed by atoms with Crippen LogP contribution < -0.4 is 4.74 Å². The third-order valence-corrected chi connectivity index (χ3v) is 1.56. The van der Waals surface area contributed by atoms with Crippen molar-refractivity contribution in [2.45, 2.75) is 0 Å². The van der Waals surface area contributed by atoms with Crippen LogP contribution in [0, 0.1) is 14.4 Å². The zero-order valence-corrected chi connectivity index (χ0v) is 13.4. The average molecular weight is 449 g/mol. The fraction of sp³-hybridized carbons (Fsp3) is 0.200. The molecule has 0 fully saturated rings. The van der Waals surface area contributed by atoms with Gasteiger partial charge in [0.05, 0.1) is 0 Å². The number of ether oxygens (including phenoxy) is 1. The van der Waals surface area contributed by atoms with E-state index in [1.54, 1.807) is 0 Å². The Balaban J connectivity index is -0.000000114. The van der Waals surface area contributed by atoms with Gasteiger partial charge in [0.2, 0.25) is 0 Å². The Labute approximate surface area is 115 Å². The van der Waals surface area contributed by atoms with Gasteiger partial charge in [-0.2, -0.15) is 0 Å². The van der Waals surface area contributed by atoms with E-state index in [2.05, 4.69) is 22.9 Å². The third-order valence-electron chi connectivity index (χ3n) is 1.06. The molecule has 0 heterocycles. The summed E-state index contributed by atoms with van der Waals surface area (Å²) >= 11 is 3.33. The topological polar surface area (TPSA) is 61.0 Å². The SMILES string of the molecule is CO.O.[CH2-]COc1cccc(Br)c1.[CH3-].[W+2]. The van der Waals surface area contributed by atoms with Crippen molar-refractivity contribution in [3.8, 4) is 5.75 Å². The first-order valence-electron chi connectivity index (χ1n) is 3.45. The van der Waals surface area contributed by atoms with Crippen molar-refractivity contribution in [1.29, 1.82) is 0 Å². The number of halogens is 1. The maximum absolute atomic E-state index is 7.00. The molecule has 0 aliphatic heterocycles. The van der Waals surface area contributed by atoms with Crippen molar-refractivity contribution < 1.29 is 36.4 Å². The fourth-order valence-electron chi connectivity index (χ4n) is 0.675. The minimum Gasteiger partial charge on any atom is -0.525 e. The van der Waals surface area contributed by atoms with Crippen LogP contribution >= 0.6 is 15.9 Å². The van der Waals surface area contributed by atoms with Gasteiger partial charge in [-0.15, -0.1) is 0 Å². The van der Waals surface area contributed by atoms with Gasteiger partial charge in [0.25, 0.3) is 0 Å². The molecule has 1 rings (SSSR count). The number of rotatable bonds is 2. The predicted octanol–water partition coefficient (Wildman–Crippen LogP) is 1.89. The molecular weight excluding hydrogens is 432 g/mol. The van der Waals surface area contributed by atoms with Gasteiger partial charge in [0.1, 0.15) is 5.75 Å². The van der Waals surface area contributed by atoms with Crippen molar-refractivity contribution in [3.05, 3.63) is 43.1 Å². The van der Waals surface area contributed by atoms with Gasteiger partial charge in [-0.1, -0.05) is 22.0 Å². The standard InChI is InChI=1S/C8H8BrO.CH4O.CH3.H2O.W/c1-2-10-8-5-3-4-7(9)6-8;1-2;;;/h3-6H,1-2H2;2H,1H3;1H3;1H2;/q-1;;-1;;+2. The van der Waals surface area contributed by atoms with E-state index in [1.807, 2.05) is 24.3 Å². The summed E-state index contributed by atoms with van der Waals surface area (Å²) in [6.07, 6.45) is 0. The fourth-order valence-corrected chi connectivity index (χ4v) is 1.05. The summed E-state index contributed by atoms with van der Waals surface area (Å²) in [7, 11) is 1.00. The van der Waals surface area contributed by atoms with Crippen LogP contribution in [0.4, 0.5) is 0 Å².